The van der Waals surface area contributed by atoms with Crippen molar-refractivity contribution < 1.29 is 4.79 Å². The van der Waals surface area contributed by atoms with Gasteiger partial charge in [-0.05, 0) is 48.9 Å². The average Bonchev–Trinajstić information content (AvgIpc) is 2.72. The number of β-lactam (4-membered cyclic amide) rings is 1. The molecule has 5 heteroatoms. The zero-order valence-electron chi connectivity index (χ0n) is 14.8. The number of amides is 1. The highest BCUT2D eigenvalue weighted by molar-refractivity contribution is 6.37. The zero-order chi connectivity index (χ0) is 18.8. The average molecular weight is 376 g/mol. The van der Waals surface area contributed by atoms with E-state index in [0.29, 0.717) is 0 Å². The van der Waals surface area contributed by atoms with E-state index in [1.807, 2.05) is 85.8 Å². The highest BCUT2D eigenvalue weighted by atomic mass is 35.5. The Morgan fingerprint density at radius 2 is 1.37 bits per heavy atom. The van der Waals surface area contributed by atoms with Gasteiger partial charge >= 0.3 is 0 Å². The minimum absolute atomic E-state index is 0.0837. The van der Waals surface area contributed by atoms with Gasteiger partial charge in [0.25, 0.3) is 0 Å². The summed E-state index contributed by atoms with van der Waals surface area (Å²) in [6.07, 6.45) is 0. The molecule has 1 amide bonds. The Labute approximate surface area is 163 Å². The minimum atomic E-state index is -0.534. The van der Waals surface area contributed by atoms with Crippen molar-refractivity contribution in [2.45, 2.75) is 18.3 Å². The van der Waals surface area contributed by atoms with E-state index in [9.17, 15) is 4.79 Å². The van der Waals surface area contributed by atoms with Gasteiger partial charge < -0.3 is 4.90 Å². The first-order valence-electron chi connectivity index (χ1n) is 8.74. The predicted molar refractivity (Wildman–Crippen MR) is 108 cm³/mol. The molecule has 27 heavy (non-hydrogen) atoms. The van der Waals surface area contributed by atoms with Crippen molar-refractivity contribution in [3.8, 4) is 0 Å². The van der Waals surface area contributed by atoms with E-state index in [1.165, 1.54) is 5.56 Å². The fraction of sp³-hybridized carbons (Fsp3) is 0.136. The number of aryl methyl sites for hydroxylation is 1. The largest absolute Gasteiger partial charge is 0.302 e. The molecule has 0 spiro atoms. The number of benzene rings is 3. The number of nitrogens with zero attached hydrogens (tertiary/aromatic N) is 3. The standard InChI is InChI=1S/C22H18ClN3O/c1-15-7-9-17(10-8-15)24-25-18-11-13-19(14-12-18)26-21(20(23)22(26)27)16-5-3-2-4-6-16/h2-14,20-21H,1H3. The predicted octanol–water partition coefficient (Wildman–Crippen LogP) is 6.11. The molecular weight excluding hydrogens is 358 g/mol. The van der Waals surface area contributed by atoms with E-state index >= 15 is 0 Å². The SMILES string of the molecule is Cc1ccc(N=Nc2ccc(N3C(=O)C(Cl)C3c3ccccc3)cc2)cc1. The van der Waals surface area contributed by atoms with E-state index in [2.05, 4.69) is 10.2 Å². The van der Waals surface area contributed by atoms with Crippen molar-refractivity contribution in [1.29, 1.82) is 0 Å². The van der Waals surface area contributed by atoms with Gasteiger partial charge in [-0.3, -0.25) is 4.79 Å². The Balaban J connectivity index is 1.53. The number of hydrogen-bond acceptors (Lipinski definition) is 3. The van der Waals surface area contributed by atoms with Gasteiger partial charge in [-0.2, -0.15) is 10.2 Å². The molecule has 2 atom stereocenters. The number of carbonyl (C=O) groups excluding carboxylic acids is 1. The van der Waals surface area contributed by atoms with Crippen molar-refractivity contribution >= 4 is 34.6 Å². The van der Waals surface area contributed by atoms with Crippen LogP contribution in [0, 0.1) is 6.92 Å². The van der Waals surface area contributed by atoms with Crippen LogP contribution in [-0.4, -0.2) is 11.3 Å². The van der Waals surface area contributed by atoms with Crippen molar-refractivity contribution in [3.05, 3.63) is 90.0 Å². The Bertz CT molecular complexity index is 969. The van der Waals surface area contributed by atoms with Crippen LogP contribution in [0.15, 0.2) is 89.1 Å². The first kappa shape index (κ1) is 17.4. The lowest BCUT2D eigenvalue weighted by Gasteiger charge is -2.44. The molecule has 3 aromatic rings. The lowest BCUT2D eigenvalue weighted by molar-refractivity contribution is -0.123. The van der Waals surface area contributed by atoms with Crippen LogP contribution >= 0.6 is 11.6 Å². The molecule has 1 aliphatic heterocycles. The molecule has 2 unspecified atom stereocenters. The monoisotopic (exact) mass is 375 g/mol. The van der Waals surface area contributed by atoms with E-state index < -0.39 is 5.38 Å². The maximum Gasteiger partial charge on any atom is 0.248 e. The number of alkyl halides is 1. The van der Waals surface area contributed by atoms with Gasteiger partial charge in [-0.15, -0.1) is 11.6 Å². The van der Waals surface area contributed by atoms with Crippen LogP contribution in [0.3, 0.4) is 0 Å². The van der Waals surface area contributed by atoms with Crippen molar-refractivity contribution in [3.63, 3.8) is 0 Å². The van der Waals surface area contributed by atoms with E-state index in [0.717, 1.165) is 22.6 Å². The van der Waals surface area contributed by atoms with Crippen LogP contribution in [0.2, 0.25) is 0 Å². The van der Waals surface area contributed by atoms with Gasteiger partial charge in [-0.25, -0.2) is 0 Å². The van der Waals surface area contributed by atoms with Gasteiger partial charge in [0.1, 0.15) is 5.38 Å². The normalized spacial score (nSPS) is 19.3. The molecule has 1 aliphatic rings. The summed E-state index contributed by atoms with van der Waals surface area (Å²) in [6.45, 7) is 2.03. The fourth-order valence-electron chi connectivity index (χ4n) is 3.12. The summed E-state index contributed by atoms with van der Waals surface area (Å²) in [5, 5.41) is 7.96. The first-order chi connectivity index (χ1) is 13.1. The van der Waals surface area contributed by atoms with Gasteiger partial charge in [0.2, 0.25) is 5.91 Å². The maximum absolute atomic E-state index is 12.3. The number of anilines is 1. The minimum Gasteiger partial charge on any atom is -0.302 e. The third kappa shape index (κ3) is 3.49. The van der Waals surface area contributed by atoms with Crippen LogP contribution in [0.5, 0.6) is 0 Å². The smallest absolute Gasteiger partial charge is 0.248 e. The Hall–Kier alpha value is -2.98. The van der Waals surface area contributed by atoms with Crippen LogP contribution in [0.25, 0.3) is 0 Å². The molecule has 1 heterocycles. The van der Waals surface area contributed by atoms with Crippen LogP contribution in [0.4, 0.5) is 17.1 Å². The van der Waals surface area contributed by atoms with E-state index in [4.69, 9.17) is 11.6 Å². The van der Waals surface area contributed by atoms with Crippen LogP contribution in [-0.2, 0) is 4.79 Å². The van der Waals surface area contributed by atoms with Crippen LogP contribution < -0.4 is 4.90 Å². The van der Waals surface area contributed by atoms with Gasteiger partial charge in [0, 0.05) is 5.69 Å². The molecule has 0 saturated carbocycles. The molecule has 134 valence electrons. The second-order valence-corrected chi connectivity index (χ2v) is 6.99. The third-order valence-electron chi connectivity index (χ3n) is 4.61. The summed E-state index contributed by atoms with van der Waals surface area (Å²) in [4.78, 5) is 14.1. The van der Waals surface area contributed by atoms with Gasteiger partial charge in [0.15, 0.2) is 0 Å². The van der Waals surface area contributed by atoms with E-state index in [1.54, 1.807) is 4.90 Å². The number of halogens is 1. The lowest BCUT2D eigenvalue weighted by atomic mass is 9.92. The molecular formula is C22H18ClN3O. The van der Waals surface area contributed by atoms with E-state index in [-0.39, 0.29) is 11.9 Å². The number of carbonyl (C=O) groups is 1. The summed E-state index contributed by atoms with van der Waals surface area (Å²) in [5.74, 6) is -0.0837. The summed E-state index contributed by atoms with van der Waals surface area (Å²) >= 11 is 6.28. The lowest BCUT2D eigenvalue weighted by Crippen LogP contribution is -2.56. The topological polar surface area (TPSA) is 45.0 Å². The molecule has 0 aliphatic carbocycles. The molecule has 1 saturated heterocycles. The Morgan fingerprint density at radius 3 is 1.96 bits per heavy atom. The van der Waals surface area contributed by atoms with Crippen molar-refractivity contribution in [2.24, 2.45) is 10.2 Å². The molecule has 0 radical (unpaired) electrons. The number of hydrogen-bond donors (Lipinski definition) is 0. The number of rotatable bonds is 4. The third-order valence-corrected chi connectivity index (χ3v) is 5.04. The maximum atomic E-state index is 12.3. The molecule has 0 N–H and O–H groups in total. The zero-order valence-corrected chi connectivity index (χ0v) is 15.5. The quantitative estimate of drug-likeness (QED) is 0.308. The molecule has 1 fully saturated rings. The van der Waals surface area contributed by atoms with Gasteiger partial charge in [-0.1, -0.05) is 48.0 Å². The first-order valence-corrected chi connectivity index (χ1v) is 9.18. The second-order valence-electron chi connectivity index (χ2n) is 6.52. The summed E-state index contributed by atoms with van der Waals surface area (Å²) in [5.41, 5.74) is 4.55. The summed E-state index contributed by atoms with van der Waals surface area (Å²) < 4.78 is 0. The molecule has 4 nitrogen and oxygen atoms in total. The molecule has 3 aromatic carbocycles. The molecule has 4 rings (SSSR count). The van der Waals surface area contributed by atoms with Crippen LogP contribution in [0.1, 0.15) is 17.2 Å². The van der Waals surface area contributed by atoms with Gasteiger partial charge in [0.05, 0.1) is 17.4 Å². The highest BCUT2D eigenvalue weighted by Gasteiger charge is 2.47. The molecule has 0 aromatic heterocycles. The van der Waals surface area contributed by atoms with Crippen molar-refractivity contribution in [2.75, 3.05) is 4.90 Å². The van der Waals surface area contributed by atoms with Crippen molar-refractivity contribution in [1.82, 2.24) is 0 Å². The Morgan fingerprint density at radius 1 is 0.815 bits per heavy atom. The Kier molecular flexibility index (Phi) is 4.73. The second kappa shape index (κ2) is 7.33. The number of azo groups is 1. The summed E-state index contributed by atoms with van der Waals surface area (Å²) in [7, 11) is 0. The summed E-state index contributed by atoms with van der Waals surface area (Å²) in [6, 6.07) is 25.0. The highest BCUT2D eigenvalue weighted by Crippen LogP contribution is 2.42. The fourth-order valence-corrected chi connectivity index (χ4v) is 3.48. The molecule has 0 bridgehead atoms.